The fraction of sp³-hybridized carbons (Fsp3) is 0.143. The van der Waals surface area contributed by atoms with E-state index in [9.17, 15) is 4.39 Å². The Balaban J connectivity index is 2.32. The third-order valence-corrected chi connectivity index (χ3v) is 2.59. The molecule has 0 spiro atoms. The van der Waals surface area contributed by atoms with E-state index in [0.29, 0.717) is 11.3 Å². The Morgan fingerprint density at radius 1 is 1.17 bits per heavy atom. The van der Waals surface area contributed by atoms with Crippen molar-refractivity contribution in [3.8, 4) is 6.07 Å². The van der Waals surface area contributed by atoms with Gasteiger partial charge in [-0.2, -0.15) is 5.26 Å². The van der Waals surface area contributed by atoms with Gasteiger partial charge < -0.3 is 5.32 Å². The Kier molecular flexibility index (Phi) is 3.24. The highest BCUT2D eigenvalue weighted by molar-refractivity contribution is 5.63. The number of benzene rings is 1. The highest BCUT2D eigenvalue weighted by Crippen LogP contribution is 2.22. The fourth-order valence-corrected chi connectivity index (χ4v) is 1.65. The number of nitriles is 1. The van der Waals surface area contributed by atoms with Crippen LogP contribution in [0.1, 0.15) is 17.0 Å². The molecule has 2 rings (SSSR count). The van der Waals surface area contributed by atoms with E-state index >= 15 is 0 Å². The minimum absolute atomic E-state index is 0.303. The van der Waals surface area contributed by atoms with Gasteiger partial charge in [-0.05, 0) is 44.2 Å². The molecule has 0 aliphatic rings. The molecule has 1 heterocycles. The van der Waals surface area contributed by atoms with E-state index in [2.05, 4.69) is 10.3 Å². The third kappa shape index (κ3) is 2.46. The summed E-state index contributed by atoms with van der Waals surface area (Å²) in [4.78, 5) is 4.30. The zero-order valence-corrected chi connectivity index (χ0v) is 10.2. The Morgan fingerprint density at radius 2 is 1.89 bits per heavy atom. The molecule has 0 saturated carbocycles. The van der Waals surface area contributed by atoms with Gasteiger partial charge in [0.15, 0.2) is 0 Å². The van der Waals surface area contributed by atoms with Gasteiger partial charge in [-0.25, -0.2) is 4.39 Å². The average molecular weight is 241 g/mol. The summed E-state index contributed by atoms with van der Waals surface area (Å²) < 4.78 is 13.7. The molecule has 0 bridgehead atoms. The lowest BCUT2D eigenvalue weighted by Crippen LogP contribution is -1.98. The first-order chi connectivity index (χ1) is 8.60. The molecular formula is C14H12FN3. The van der Waals surface area contributed by atoms with Crippen LogP contribution in [0.3, 0.4) is 0 Å². The smallest absolute Gasteiger partial charge is 0.147 e. The Labute approximate surface area is 105 Å². The first-order valence-corrected chi connectivity index (χ1v) is 5.51. The summed E-state index contributed by atoms with van der Waals surface area (Å²) in [6.45, 7) is 3.76. The molecule has 0 unspecified atom stereocenters. The Morgan fingerprint density at radius 3 is 2.50 bits per heavy atom. The van der Waals surface area contributed by atoms with E-state index in [0.717, 1.165) is 17.1 Å². The summed E-state index contributed by atoms with van der Waals surface area (Å²) in [7, 11) is 0. The van der Waals surface area contributed by atoms with Crippen LogP contribution in [0.4, 0.5) is 15.8 Å². The molecule has 0 radical (unpaired) electrons. The molecule has 1 aromatic heterocycles. The summed E-state index contributed by atoms with van der Waals surface area (Å²) in [5.41, 5.74) is 3.11. The number of nitrogens with one attached hydrogen (secondary N) is 1. The maximum atomic E-state index is 13.7. The normalized spacial score (nSPS) is 9.89. The summed E-state index contributed by atoms with van der Waals surface area (Å²) in [6, 6.07) is 9.94. The van der Waals surface area contributed by atoms with Crippen molar-refractivity contribution < 1.29 is 4.39 Å². The molecule has 1 N–H and O–H groups in total. The standard InChI is InChI=1S/C14H12FN3/c1-9-3-5-13(10(2)17-9)18-14-6-4-11(8-16)7-12(14)15/h3-7,18H,1-2H3. The Bertz CT molecular complexity index is 629. The quantitative estimate of drug-likeness (QED) is 0.876. The molecule has 0 atom stereocenters. The number of anilines is 2. The minimum atomic E-state index is -0.450. The summed E-state index contributed by atoms with van der Waals surface area (Å²) >= 11 is 0. The SMILES string of the molecule is Cc1ccc(Nc2ccc(C#N)cc2F)c(C)n1. The second kappa shape index (κ2) is 4.84. The number of nitrogens with zero attached hydrogens (tertiary/aromatic N) is 2. The second-order valence-electron chi connectivity index (χ2n) is 4.02. The predicted octanol–water partition coefficient (Wildman–Crippen LogP) is 3.45. The molecule has 0 amide bonds. The van der Waals surface area contributed by atoms with E-state index in [1.165, 1.54) is 6.07 Å². The van der Waals surface area contributed by atoms with Gasteiger partial charge in [-0.1, -0.05) is 0 Å². The van der Waals surface area contributed by atoms with Crippen molar-refractivity contribution in [2.45, 2.75) is 13.8 Å². The van der Waals surface area contributed by atoms with E-state index < -0.39 is 5.82 Å². The van der Waals surface area contributed by atoms with Crippen LogP contribution in [0.2, 0.25) is 0 Å². The van der Waals surface area contributed by atoms with Gasteiger partial charge >= 0.3 is 0 Å². The fourth-order valence-electron chi connectivity index (χ4n) is 1.65. The lowest BCUT2D eigenvalue weighted by atomic mass is 10.2. The van der Waals surface area contributed by atoms with Crippen LogP contribution < -0.4 is 5.32 Å². The van der Waals surface area contributed by atoms with Crippen molar-refractivity contribution in [1.29, 1.82) is 5.26 Å². The number of hydrogen-bond donors (Lipinski definition) is 1. The lowest BCUT2D eigenvalue weighted by molar-refractivity contribution is 0.631. The molecular weight excluding hydrogens is 229 g/mol. The Hall–Kier alpha value is -2.41. The van der Waals surface area contributed by atoms with Gasteiger partial charge in [0.25, 0.3) is 0 Å². The minimum Gasteiger partial charge on any atom is -0.352 e. The van der Waals surface area contributed by atoms with Crippen LogP contribution in [-0.4, -0.2) is 4.98 Å². The molecule has 3 nitrogen and oxygen atoms in total. The van der Waals surface area contributed by atoms with Gasteiger partial charge in [0, 0.05) is 5.69 Å². The first kappa shape index (κ1) is 12.1. The van der Waals surface area contributed by atoms with Crippen LogP contribution in [0.5, 0.6) is 0 Å². The highest BCUT2D eigenvalue weighted by Gasteiger charge is 2.06. The van der Waals surface area contributed by atoms with Crippen molar-refractivity contribution in [1.82, 2.24) is 4.98 Å². The van der Waals surface area contributed by atoms with Crippen molar-refractivity contribution in [3.63, 3.8) is 0 Å². The molecule has 0 aliphatic heterocycles. The van der Waals surface area contributed by atoms with Crippen molar-refractivity contribution in [3.05, 3.63) is 53.1 Å². The molecule has 1 aromatic carbocycles. The summed E-state index contributed by atoms with van der Waals surface area (Å²) in [5, 5.41) is 11.6. The van der Waals surface area contributed by atoms with E-state index in [-0.39, 0.29) is 0 Å². The molecule has 90 valence electrons. The van der Waals surface area contributed by atoms with Gasteiger partial charge in [-0.3, -0.25) is 4.98 Å². The predicted molar refractivity (Wildman–Crippen MR) is 68.1 cm³/mol. The van der Waals surface area contributed by atoms with Gasteiger partial charge in [-0.15, -0.1) is 0 Å². The monoisotopic (exact) mass is 241 g/mol. The zero-order valence-electron chi connectivity index (χ0n) is 10.2. The van der Waals surface area contributed by atoms with E-state index in [4.69, 9.17) is 5.26 Å². The third-order valence-electron chi connectivity index (χ3n) is 2.59. The lowest BCUT2D eigenvalue weighted by Gasteiger charge is -2.10. The number of hydrogen-bond acceptors (Lipinski definition) is 3. The topological polar surface area (TPSA) is 48.7 Å². The molecule has 0 fully saturated rings. The largest absolute Gasteiger partial charge is 0.352 e. The van der Waals surface area contributed by atoms with Crippen LogP contribution in [0, 0.1) is 31.0 Å². The molecule has 4 heteroatoms. The van der Waals surface area contributed by atoms with Gasteiger partial charge in [0.1, 0.15) is 5.82 Å². The van der Waals surface area contributed by atoms with E-state index in [1.54, 1.807) is 12.1 Å². The van der Waals surface area contributed by atoms with Crippen LogP contribution in [0.25, 0.3) is 0 Å². The molecule has 0 aliphatic carbocycles. The van der Waals surface area contributed by atoms with Crippen molar-refractivity contribution in [2.75, 3.05) is 5.32 Å². The molecule has 18 heavy (non-hydrogen) atoms. The molecule has 2 aromatic rings. The summed E-state index contributed by atoms with van der Waals surface area (Å²) in [6.07, 6.45) is 0. The van der Waals surface area contributed by atoms with Crippen molar-refractivity contribution in [2.24, 2.45) is 0 Å². The zero-order chi connectivity index (χ0) is 13.1. The maximum absolute atomic E-state index is 13.7. The first-order valence-electron chi connectivity index (χ1n) is 5.51. The number of aryl methyl sites for hydroxylation is 2. The van der Waals surface area contributed by atoms with Crippen LogP contribution in [0.15, 0.2) is 30.3 Å². The second-order valence-corrected chi connectivity index (χ2v) is 4.02. The summed E-state index contributed by atoms with van der Waals surface area (Å²) in [5.74, 6) is -0.450. The van der Waals surface area contributed by atoms with Crippen LogP contribution >= 0.6 is 0 Å². The van der Waals surface area contributed by atoms with Crippen LogP contribution in [-0.2, 0) is 0 Å². The number of pyridine rings is 1. The van der Waals surface area contributed by atoms with Gasteiger partial charge in [0.05, 0.1) is 28.7 Å². The highest BCUT2D eigenvalue weighted by atomic mass is 19.1. The number of aromatic nitrogens is 1. The molecule has 0 saturated heterocycles. The number of halogens is 1. The van der Waals surface area contributed by atoms with Crippen molar-refractivity contribution >= 4 is 11.4 Å². The van der Waals surface area contributed by atoms with Gasteiger partial charge in [0.2, 0.25) is 0 Å². The average Bonchev–Trinajstić information content (AvgIpc) is 2.34. The maximum Gasteiger partial charge on any atom is 0.147 e. The van der Waals surface area contributed by atoms with E-state index in [1.807, 2.05) is 32.0 Å². The number of rotatable bonds is 2.